The number of rotatable bonds is 3. The summed E-state index contributed by atoms with van der Waals surface area (Å²) >= 11 is 5.98. The van der Waals surface area contributed by atoms with Gasteiger partial charge in [0.05, 0.1) is 0 Å². The van der Waals surface area contributed by atoms with Crippen LogP contribution in [-0.2, 0) is 6.42 Å². The normalized spacial score (nSPS) is 26.4. The first-order valence-corrected chi connectivity index (χ1v) is 8.54. The largest absolute Gasteiger partial charge is 0.310 e. The molecule has 0 spiro atoms. The molecule has 0 aliphatic heterocycles. The van der Waals surface area contributed by atoms with Gasteiger partial charge < -0.3 is 4.57 Å². The van der Waals surface area contributed by atoms with Gasteiger partial charge >= 0.3 is 0 Å². The zero-order valence-corrected chi connectivity index (χ0v) is 13.9. The van der Waals surface area contributed by atoms with E-state index in [1.807, 2.05) is 13.0 Å². The molecule has 0 N–H and O–H groups in total. The Labute approximate surface area is 131 Å². The quantitative estimate of drug-likeness (QED) is 0.781. The molecule has 3 atom stereocenters. The SMILES string of the molecule is Cc1ccc2nc(CCCl)n(C3CCC(C)C(C)C3)c2n1. The van der Waals surface area contributed by atoms with Crippen LogP contribution in [0.5, 0.6) is 0 Å². The first kappa shape index (κ1) is 14.8. The predicted molar refractivity (Wildman–Crippen MR) is 87.9 cm³/mol. The van der Waals surface area contributed by atoms with Crippen LogP contribution in [0.4, 0.5) is 0 Å². The highest BCUT2D eigenvalue weighted by molar-refractivity contribution is 6.17. The van der Waals surface area contributed by atoms with Crippen LogP contribution in [0.15, 0.2) is 12.1 Å². The third kappa shape index (κ3) is 2.80. The van der Waals surface area contributed by atoms with Crippen LogP contribution in [0, 0.1) is 18.8 Å². The Morgan fingerprint density at radius 2 is 2.00 bits per heavy atom. The summed E-state index contributed by atoms with van der Waals surface area (Å²) in [6.07, 6.45) is 4.55. The second-order valence-electron chi connectivity index (χ2n) is 6.55. The summed E-state index contributed by atoms with van der Waals surface area (Å²) in [5, 5.41) is 0. The van der Waals surface area contributed by atoms with E-state index >= 15 is 0 Å². The van der Waals surface area contributed by atoms with Gasteiger partial charge in [-0.05, 0) is 50.2 Å². The van der Waals surface area contributed by atoms with Crippen molar-refractivity contribution in [3.8, 4) is 0 Å². The zero-order chi connectivity index (χ0) is 15.0. The Morgan fingerprint density at radius 3 is 2.71 bits per heavy atom. The number of halogens is 1. The van der Waals surface area contributed by atoms with Gasteiger partial charge in [-0.1, -0.05) is 13.8 Å². The lowest BCUT2D eigenvalue weighted by molar-refractivity contribution is 0.210. The Kier molecular flexibility index (Phi) is 4.21. The van der Waals surface area contributed by atoms with Gasteiger partial charge in [-0.3, -0.25) is 0 Å². The van der Waals surface area contributed by atoms with Gasteiger partial charge in [0.1, 0.15) is 11.3 Å². The average molecular weight is 306 g/mol. The second kappa shape index (κ2) is 5.96. The fraction of sp³-hybridized carbons (Fsp3) is 0.647. The van der Waals surface area contributed by atoms with Crippen LogP contribution < -0.4 is 0 Å². The standard InChI is InChI=1S/C17H24ClN3/c1-11-4-6-14(10-12(11)2)21-16(8-9-18)20-15-7-5-13(3)19-17(15)21/h5,7,11-12,14H,4,6,8-10H2,1-3H3. The van der Waals surface area contributed by atoms with E-state index in [1.54, 1.807) is 0 Å². The minimum absolute atomic E-state index is 0.522. The van der Waals surface area contributed by atoms with Crippen LogP contribution in [0.1, 0.15) is 50.7 Å². The molecule has 3 rings (SSSR count). The summed E-state index contributed by atoms with van der Waals surface area (Å²) in [6, 6.07) is 4.64. The number of alkyl halides is 1. The maximum absolute atomic E-state index is 5.98. The molecule has 2 aromatic rings. The minimum Gasteiger partial charge on any atom is -0.310 e. The molecule has 2 aromatic heterocycles. The summed E-state index contributed by atoms with van der Waals surface area (Å²) < 4.78 is 2.38. The van der Waals surface area contributed by atoms with Crippen molar-refractivity contribution in [1.82, 2.24) is 14.5 Å². The van der Waals surface area contributed by atoms with E-state index in [-0.39, 0.29) is 0 Å². The number of imidazole rings is 1. The van der Waals surface area contributed by atoms with E-state index in [4.69, 9.17) is 21.6 Å². The smallest absolute Gasteiger partial charge is 0.160 e. The van der Waals surface area contributed by atoms with Crippen molar-refractivity contribution < 1.29 is 0 Å². The molecule has 1 aliphatic rings. The summed E-state index contributed by atoms with van der Waals surface area (Å²) in [5.41, 5.74) is 3.10. The molecule has 4 heteroatoms. The van der Waals surface area contributed by atoms with Gasteiger partial charge in [0.25, 0.3) is 0 Å². The number of fused-ring (bicyclic) bond motifs is 1. The van der Waals surface area contributed by atoms with Gasteiger partial charge in [-0.25, -0.2) is 9.97 Å². The van der Waals surface area contributed by atoms with Crippen molar-refractivity contribution >= 4 is 22.8 Å². The molecule has 0 bridgehead atoms. The number of aromatic nitrogens is 3. The van der Waals surface area contributed by atoms with Gasteiger partial charge in [0.2, 0.25) is 0 Å². The number of pyridine rings is 1. The number of nitrogens with zero attached hydrogens (tertiary/aromatic N) is 3. The first-order valence-electron chi connectivity index (χ1n) is 8.00. The molecular formula is C17H24ClN3. The van der Waals surface area contributed by atoms with E-state index in [2.05, 4.69) is 24.5 Å². The average Bonchev–Trinajstić information content (AvgIpc) is 2.80. The number of hydrogen-bond acceptors (Lipinski definition) is 2. The lowest BCUT2D eigenvalue weighted by atomic mass is 9.79. The van der Waals surface area contributed by atoms with E-state index < -0.39 is 0 Å². The Balaban J connectivity index is 2.06. The molecule has 0 saturated heterocycles. The summed E-state index contributed by atoms with van der Waals surface area (Å²) in [6.45, 7) is 6.79. The van der Waals surface area contributed by atoms with E-state index in [9.17, 15) is 0 Å². The van der Waals surface area contributed by atoms with Crippen molar-refractivity contribution in [3.05, 3.63) is 23.7 Å². The Hall–Kier alpha value is -1.09. The van der Waals surface area contributed by atoms with E-state index in [0.29, 0.717) is 11.9 Å². The van der Waals surface area contributed by atoms with Gasteiger partial charge in [0, 0.05) is 24.0 Å². The maximum atomic E-state index is 5.98. The zero-order valence-electron chi connectivity index (χ0n) is 13.1. The molecule has 114 valence electrons. The molecule has 0 radical (unpaired) electrons. The second-order valence-corrected chi connectivity index (χ2v) is 6.93. The molecule has 1 fully saturated rings. The molecule has 0 aromatic carbocycles. The topological polar surface area (TPSA) is 30.7 Å². The van der Waals surface area contributed by atoms with Crippen molar-refractivity contribution in [2.45, 2.75) is 52.5 Å². The van der Waals surface area contributed by atoms with Crippen LogP contribution in [-0.4, -0.2) is 20.4 Å². The fourth-order valence-corrected chi connectivity index (χ4v) is 3.68. The Bertz CT molecular complexity index is 634. The van der Waals surface area contributed by atoms with Crippen molar-refractivity contribution in [1.29, 1.82) is 0 Å². The Morgan fingerprint density at radius 1 is 1.19 bits per heavy atom. The third-order valence-electron chi connectivity index (χ3n) is 5.00. The lowest BCUT2D eigenvalue weighted by Gasteiger charge is -2.33. The molecule has 21 heavy (non-hydrogen) atoms. The van der Waals surface area contributed by atoms with E-state index in [1.165, 1.54) is 19.3 Å². The first-order chi connectivity index (χ1) is 10.1. The van der Waals surface area contributed by atoms with Crippen molar-refractivity contribution in [3.63, 3.8) is 0 Å². The molecule has 2 heterocycles. The summed E-state index contributed by atoms with van der Waals surface area (Å²) in [5.74, 6) is 3.29. The van der Waals surface area contributed by atoms with Crippen LogP contribution in [0.3, 0.4) is 0 Å². The molecule has 1 saturated carbocycles. The number of hydrogen-bond donors (Lipinski definition) is 0. The van der Waals surface area contributed by atoms with Crippen LogP contribution >= 0.6 is 11.6 Å². The molecular weight excluding hydrogens is 282 g/mol. The maximum Gasteiger partial charge on any atom is 0.160 e. The van der Waals surface area contributed by atoms with Gasteiger partial charge in [-0.15, -0.1) is 11.6 Å². The highest BCUT2D eigenvalue weighted by atomic mass is 35.5. The molecule has 3 nitrogen and oxygen atoms in total. The van der Waals surface area contributed by atoms with Crippen molar-refractivity contribution in [2.24, 2.45) is 11.8 Å². The molecule has 0 amide bonds. The lowest BCUT2D eigenvalue weighted by Crippen LogP contribution is -2.24. The summed E-state index contributed by atoms with van der Waals surface area (Å²) in [4.78, 5) is 9.53. The van der Waals surface area contributed by atoms with Crippen LogP contribution in [0.25, 0.3) is 11.2 Å². The number of aryl methyl sites for hydroxylation is 2. The third-order valence-corrected chi connectivity index (χ3v) is 5.19. The highest BCUT2D eigenvalue weighted by Gasteiger charge is 2.28. The van der Waals surface area contributed by atoms with Gasteiger partial charge in [0.15, 0.2) is 5.65 Å². The highest BCUT2D eigenvalue weighted by Crippen LogP contribution is 2.38. The molecule has 1 aliphatic carbocycles. The predicted octanol–water partition coefficient (Wildman–Crippen LogP) is 4.52. The van der Waals surface area contributed by atoms with Gasteiger partial charge in [-0.2, -0.15) is 0 Å². The molecule has 3 unspecified atom stereocenters. The summed E-state index contributed by atoms with van der Waals surface area (Å²) in [7, 11) is 0. The minimum atomic E-state index is 0.522. The van der Waals surface area contributed by atoms with Crippen molar-refractivity contribution in [2.75, 3.05) is 5.88 Å². The van der Waals surface area contributed by atoms with Crippen LogP contribution in [0.2, 0.25) is 0 Å². The fourth-order valence-electron chi connectivity index (χ4n) is 3.51. The van der Waals surface area contributed by atoms with E-state index in [0.717, 1.165) is 40.9 Å². The monoisotopic (exact) mass is 305 g/mol.